The highest BCUT2D eigenvalue weighted by Gasteiger charge is 2.38. The first-order valence-corrected chi connectivity index (χ1v) is 8.48. The molecule has 0 saturated carbocycles. The Balaban J connectivity index is 0.000000445. The van der Waals surface area contributed by atoms with Crippen molar-refractivity contribution in [1.29, 1.82) is 0 Å². The van der Waals surface area contributed by atoms with Crippen LogP contribution in [0, 0.1) is 12.8 Å². The van der Waals surface area contributed by atoms with Crippen molar-refractivity contribution in [2.45, 2.75) is 38.9 Å². The Morgan fingerprint density at radius 1 is 1.41 bits per heavy atom. The summed E-state index contributed by atoms with van der Waals surface area (Å²) in [5, 5.41) is 19.7. The van der Waals surface area contributed by atoms with Crippen LogP contribution in [0.15, 0.2) is 18.3 Å². The van der Waals surface area contributed by atoms with Crippen molar-refractivity contribution in [3.05, 3.63) is 23.9 Å². The molecule has 0 amide bonds. The van der Waals surface area contributed by atoms with Gasteiger partial charge in [-0.1, -0.05) is 6.92 Å². The molecular formula is C17H24F3N3O4. The lowest BCUT2D eigenvalue weighted by Crippen LogP contribution is -2.39. The molecule has 2 heterocycles. The average Bonchev–Trinajstić information content (AvgIpc) is 3.01. The van der Waals surface area contributed by atoms with Crippen LogP contribution in [0.2, 0.25) is 0 Å². The van der Waals surface area contributed by atoms with Gasteiger partial charge in [-0.25, -0.2) is 9.78 Å². The van der Waals surface area contributed by atoms with Gasteiger partial charge in [0.25, 0.3) is 0 Å². The standard InChI is InChI=1S/C15H23N3O2.C2HF3O2/c1-3-13(15(19)20)18-7-5-12(10-18)9-17-14-8-11(2)4-6-16-14;3-2(4,5)1(6)7/h4,6,8,12-13H,3,5,7,9-10H2,1-2H3,(H,16,17)(H,19,20);(H,6,7). The van der Waals surface area contributed by atoms with E-state index in [2.05, 4.69) is 15.2 Å². The van der Waals surface area contributed by atoms with Crippen molar-refractivity contribution in [1.82, 2.24) is 9.88 Å². The minimum absolute atomic E-state index is 0.336. The zero-order chi connectivity index (χ0) is 20.6. The van der Waals surface area contributed by atoms with Crippen LogP contribution < -0.4 is 5.32 Å². The number of pyridine rings is 1. The van der Waals surface area contributed by atoms with Crippen molar-refractivity contribution >= 4 is 17.8 Å². The number of aryl methyl sites for hydroxylation is 1. The minimum Gasteiger partial charge on any atom is -0.480 e. The quantitative estimate of drug-likeness (QED) is 0.685. The molecule has 0 spiro atoms. The van der Waals surface area contributed by atoms with Gasteiger partial charge >= 0.3 is 18.1 Å². The molecule has 0 radical (unpaired) electrons. The van der Waals surface area contributed by atoms with E-state index in [-0.39, 0.29) is 6.04 Å². The molecule has 2 unspecified atom stereocenters. The van der Waals surface area contributed by atoms with Crippen LogP contribution in [0.5, 0.6) is 0 Å². The number of nitrogens with zero attached hydrogens (tertiary/aromatic N) is 2. The maximum Gasteiger partial charge on any atom is 0.490 e. The summed E-state index contributed by atoms with van der Waals surface area (Å²) in [6.45, 7) is 6.55. The number of aromatic nitrogens is 1. The number of carboxylic acids is 2. The molecule has 2 atom stereocenters. The van der Waals surface area contributed by atoms with E-state index in [4.69, 9.17) is 9.90 Å². The van der Waals surface area contributed by atoms with Crippen LogP contribution in [-0.2, 0) is 9.59 Å². The molecule has 0 aliphatic carbocycles. The van der Waals surface area contributed by atoms with E-state index in [0.29, 0.717) is 12.3 Å². The fourth-order valence-corrected chi connectivity index (χ4v) is 2.78. The van der Waals surface area contributed by atoms with E-state index in [1.165, 1.54) is 5.56 Å². The number of rotatable bonds is 6. The van der Waals surface area contributed by atoms with Crippen LogP contribution in [0.3, 0.4) is 0 Å². The second kappa shape index (κ2) is 10.1. The molecule has 152 valence electrons. The number of anilines is 1. The Kier molecular flexibility index (Phi) is 8.48. The van der Waals surface area contributed by atoms with Gasteiger partial charge in [0.1, 0.15) is 11.9 Å². The first kappa shape index (κ1) is 22.7. The summed E-state index contributed by atoms with van der Waals surface area (Å²) in [6, 6.07) is 3.66. The SMILES string of the molecule is CCC(C(=O)O)N1CCC(CNc2cc(C)ccn2)C1.O=C(O)C(F)(F)F. The van der Waals surface area contributed by atoms with Crippen molar-refractivity contribution in [3.63, 3.8) is 0 Å². The number of aliphatic carboxylic acids is 2. The highest BCUT2D eigenvalue weighted by molar-refractivity contribution is 5.73. The molecule has 1 fully saturated rings. The molecular weight excluding hydrogens is 367 g/mol. The highest BCUT2D eigenvalue weighted by atomic mass is 19.4. The smallest absolute Gasteiger partial charge is 0.480 e. The third kappa shape index (κ3) is 7.81. The van der Waals surface area contributed by atoms with Crippen molar-refractivity contribution in [3.8, 4) is 0 Å². The van der Waals surface area contributed by atoms with Gasteiger partial charge < -0.3 is 15.5 Å². The number of nitrogens with one attached hydrogen (secondary N) is 1. The number of carboxylic acid groups (broad SMARTS) is 2. The van der Waals surface area contributed by atoms with E-state index in [1.54, 1.807) is 6.20 Å². The maximum absolute atomic E-state index is 11.2. The molecule has 7 nitrogen and oxygen atoms in total. The Labute approximate surface area is 155 Å². The Hall–Kier alpha value is -2.36. The second-order valence-electron chi connectivity index (χ2n) is 6.31. The van der Waals surface area contributed by atoms with E-state index in [9.17, 15) is 23.1 Å². The lowest BCUT2D eigenvalue weighted by atomic mass is 10.1. The molecule has 1 aromatic rings. The van der Waals surface area contributed by atoms with Crippen LogP contribution in [0.25, 0.3) is 0 Å². The third-order valence-electron chi connectivity index (χ3n) is 4.16. The first-order valence-electron chi connectivity index (χ1n) is 8.48. The summed E-state index contributed by atoms with van der Waals surface area (Å²) in [6.07, 6.45) is -1.58. The zero-order valence-corrected chi connectivity index (χ0v) is 15.2. The average molecular weight is 391 g/mol. The van der Waals surface area contributed by atoms with Crippen molar-refractivity contribution in [2.75, 3.05) is 25.0 Å². The van der Waals surface area contributed by atoms with Gasteiger partial charge in [-0.2, -0.15) is 13.2 Å². The molecule has 10 heteroatoms. The monoisotopic (exact) mass is 391 g/mol. The largest absolute Gasteiger partial charge is 0.490 e. The number of halogens is 3. The summed E-state index contributed by atoms with van der Waals surface area (Å²) < 4.78 is 31.7. The fraction of sp³-hybridized carbons (Fsp3) is 0.588. The van der Waals surface area contributed by atoms with E-state index < -0.39 is 18.1 Å². The van der Waals surface area contributed by atoms with Crippen molar-refractivity contribution in [2.24, 2.45) is 5.92 Å². The van der Waals surface area contributed by atoms with E-state index >= 15 is 0 Å². The van der Waals surface area contributed by atoms with Gasteiger partial charge in [0.2, 0.25) is 0 Å². The highest BCUT2D eigenvalue weighted by Crippen LogP contribution is 2.21. The fourth-order valence-electron chi connectivity index (χ4n) is 2.78. The number of likely N-dealkylation sites (tertiary alicyclic amines) is 1. The van der Waals surface area contributed by atoms with Gasteiger partial charge in [-0.05, 0) is 49.9 Å². The molecule has 2 rings (SSSR count). The third-order valence-corrected chi connectivity index (χ3v) is 4.16. The Morgan fingerprint density at radius 3 is 2.52 bits per heavy atom. The molecule has 0 bridgehead atoms. The molecule has 1 aliphatic rings. The summed E-state index contributed by atoms with van der Waals surface area (Å²) in [5.74, 6) is -2.08. The Bertz CT molecular complexity index is 640. The summed E-state index contributed by atoms with van der Waals surface area (Å²) in [5.41, 5.74) is 1.19. The normalized spacial score (nSPS) is 18.3. The van der Waals surface area contributed by atoms with Gasteiger partial charge in [0.15, 0.2) is 0 Å². The predicted octanol–water partition coefficient (Wildman–Crippen LogP) is 2.62. The maximum atomic E-state index is 11.2. The summed E-state index contributed by atoms with van der Waals surface area (Å²) in [7, 11) is 0. The molecule has 0 aromatic carbocycles. The Morgan fingerprint density at radius 2 is 2.04 bits per heavy atom. The summed E-state index contributed by atoms with van der Waals surface area (Å²) >= 11 is 0. The first-order chi connectivity index (χ1) is 12.5. The van der Waals surface area contributed by atoms with Gasteiger partial charge in [-0.3, -0.25) is 9.69 Å². The molecule has 3 N–H and O–H groups in total. The molecule has 27 heavy (non-hydrogen) atoms. The number of alkyl halides is 3. The summed E-state index contributed by atoms with van der Waals surface area (Å²) in [4.78, 5) is 26.4. The van der Waals surface area contributed by atoms with E-state index in [0.717, 1.165) is 31.9 Å². The zero-order valence-electron chi connectivity index (χ0n) is 15.2. The van der Waals surface area contributed by atoms with Crippen LogP contribution in [0.1, 0.15) is 25.3 Å². The lowest BCUT2D eigenvalue weighted by molar-refractivity contribution is -0.192. The van der Waals surface area contributed by atoms with Gasteiger partial charge in [0.05, 0.1) is 0 Å². The van der Waals surface area contributed by atoms with Crippen LogP contribution >= 0.6 is 0 Å². The van der Waals surface area contributed by atoms with E-state index in [1.807, 2.05) is 26.0 Å². The minimum atomic E-state index is -5.08. The number of hydrogen-bond donors (Lipinski definition) is 3. The molecule has 1 aliphatic heterocycles. The van der Waals surface area contributed by atoms with Crippen LogP contribution in [0.4, 0.5) is 19.0 Å². The molecule has 1 saturated heterocycles. The van der Waals surface area contributed by atoms with Gasteiger partial charge in [0, 0.05) is 19.3 Å². The predicted molar refractivity (Wildman–Crippen MR) is 92.5 cm³/mol. The second-order valence-corrected chi connectivity index (χ2v) is 6.31. The van der Waals surface area contributed by atoms with Gasteiger partial charge in [-0.15, -0.1) is 0 Å². The number of carbonyl (C=O) groups is 2. The van der Waals surface area contributed by atoms with Crippen molar-refractivity contribution < 1.29 is 33.0 Å². The van der Waals surface area contributed by atoms with Crippen LogP contribution in [-0.4, -0.2) is 63.9 Å². The number of hydrogen-bond acceptors (Lipinski definition) is 5. The lowest BCUT2D eigenvalue weighted by Gasteiger charge is -2.23. The topological polar surface area (TPSA) is 103 Å². The molecule has 1 aromatic heterocycles.